The minimum Gasteiger partial charge on any atom is -0.347 e. The SMILES string of the molecule is CNS(=O)(=O)c1ccc(CNC(=O)c2ccn(C)c(=O)c2)s1. The first kappa shape index (κ1) is 16.4. The van der Waals surface area contributed by atoms with Gasteiger partial charge in [0.15, 0.2) is 0 Å². The molecule has 0 fully saturated rings. The number of nitrogens with one attached hydrogen (secondary N) is 2. The molecule has 2 N–H and O–H groups in total. The second kappa shape index (κ2) is 6.42. The number of amides is 1. The Bertz CT molecular complexity index is 852. The lowest BCUT2D eigenvalue weighted by Crippen LogP contribution is -2.25. The van der Waals surface area contributed by atoms with Gasteiger partial charge in [-0.25, -0.2) is 13.1 Å². The van der Waals surface area contributed by atoms with Crippen LogP contribution in [-0.4, -0.2) is 25.9 Å². The Hall–Kier alpha value is -1.97. The molecule has 0 atom stereocenters. The highest BCUT2D eigenvalue weighted by atomic mass is 32.2. The van der Waals surface area contributed by atoms with E-state index in [0.29, 0.717) is 4.88 Å². The van der Waals surface area contributed by atoms with Gasteiger partial charge in [-0.15, -0.1) is 11.3 Å². The molecular weight excluding hydrogens is 326 g/mol. The molecule has 1 amide bonds. The maximum atomic E-state index is 12.0. The van der Waals surface area contributed by atoms with Crippen LogP contribution in [-0.2, 0) is 23.6 Å². The number of pyridine rings is 1. The lowest BCUT2D eigenvalue weighted by Gasteiger charge is -2.04. The van der Waals surface area contributed by atoms with Crippen molar-refractivity contribution in [1.29, 1.82) is 0 Å². The maximum absolute atomic E-state index is 12.0. The molecule has 0 aliphatic carbocycles. The van der Waals surface area contributed by atoms with Gasteiger partial charge < -0.3 is 9.88 Å². The van der Waals surface area contributed by atoms with Crippen molar-refractivity contribution in [2.24, 2.45) is 7.05 Å². The van der Waals surface area contributed by atoms with Crippen molar-refractivity contribution >= 4 is 27.3 Å². The fourth-order valence-corrected chi connectivity index (χ4v) is 3.79. The standard InChI is InChI=1S/C13H15N3O4S2/c1-14-22(19,20)12-4-3-10(21-12)8-15-13(18)9-5-6-16(2)11(17)7-9/h3-7,14H,8H2,1-2H3,(H,15,18). The quantitative estimate of drug-likeness (QED) is 0.816. The van der Waals surface area contributed by atoms with Gasteiger partial charge in [0, 0.05) is 29.8 Å². The molecule has 0 unspecified atom stereocenters. The number of thiophene rings is 1. The van der Waals surface area contributed by atoms with Crippen LogP contribution in [0.5, 0.6) is 0 Å². The smallest absolute Gasteiger partial charge is 0.251 e. The molecule has 0 bridgehead atoms. The van der Waals surface area contributed by atoms with Crippen molar-refractivity contribution in [3.63, 3.8) is 0 Å². The van der Waals surface area contributed by atoms with Crippen LogP contribution in [0.15, 0.2) is 39.5 Å². The van der Waals surface area contributed by atoms with Gasteiger partial charge in [0.1, 0.15) is 4.21 Å². The first-order chi connectivity index (χ1) is 10.3. The number of nitrogens with zero attached hydrogens (tertiary/aromatic N) is 1. The summed E-state index contributed by atoms with van der Waals surface area (Å²) in [7, 11) is -0.530. The van der Waals surface area contributed by atoms with E-state index in [1.807, 2.05) is 0 Å². The fourth-order valence-electron chi connectivity index (χ4n) is 1.66. The third-order valence-electron chi connectivity index (χ3n) is 2.96. The van der Waals surface area contributed by atoms with Crippen molar-refractivity contribution in [2.45, 2.75) is 10.8 Å². The van der Waals surface area contributed by atoms with Crippen molar-refractivity contribution in [3.8, 4) is 0 Å². The van der Waals surface area contributed by atoms with Crippen molar-refractivity contribution in [3.05, 3.63) is 51.3 Å². The second-order valence-corrected chi connectivity index (χ2v) is 7.76. The predicted molar refractivity (Wildman–Crippen MR) is 83.4 cm³/mol. The van der Waals surface area contributed by atoms with Crippen LogP contribution in [0.2, 0.25) is 0 Å². The van der Waals surface area contributed by atoms with Gasteiger partial charge in [0.05, 0.1) is 6.54 Å². The lowest BCUT2D eigenvalue weighted by molar-refractivity contribution is 0.0951. The molecule has 2 rings (SSSR count). The normalized spacial score (nSPS) is 11.4. The molecule has 0 aliphatic heterocycles. The topological polar surface area (TPSA) is 97.3 Å². The minimum absolute atomic E-state index is 0.188. The van der Waals surface area contributed by atoms with E-state index in [4.69, 9.17) is 0 Å². The fraction of sp³-hybridized carbons (Fsp3) is 0.231. The monoisotopic (exact) mass is 341 g/mol. The zero-order valence-corrected chi connectivity index (χ0v) is 13.6. The summed E-state index contributed by atoms with van der Waals surface area (Å²) in [6.45, 7) is 0.192. The van der Waals surface area contributed by atoms with Crippen LogP contribution >= 0.6 is 11.3 Å². The second-order valence-electron chi connectivity index (χ2n) is 4.48. The van der Waals surface area contributed by atoms with Crippen LogP contribution < -0.4 is 15.6 Å². The largest absolute Gasteiger partial charge is 0.347 e. The Kier molecular flexibility index (Phi) is 4.79. The molecule has 2 heterocycles. The third kappa shape index (κ3) is 3.62. The van der Waals surface area contributed by atoms with Gasteiger partial charge >= 0.3 is 0 Å². The third-order valence-corrected chi connectivity index (χ3v) is 5.95. The molecule has 2 aromatic rings. The van der Waals surface area contributed by atoms with Crippen LogP contribution in [0.1, 0.15) is 15.2 Å². The molecule has 118 valence electrons. The van der Waals surface area contributed by atoms with Gasteiger partial charge in [0.2, 0.25) is 10.0 Å². The molecular formula is C13H15N3O4S2. The Labute approximate surface area is 131 Å². The number of hydrogen-bond acceptors (Lipinski definition) is 5. The predicted octanol–water partition coefficient (Wildman–Crippen LogP) is 0.285. The average molecular weight is 341 g/mol. The zero-order valence-electron chi connectivity index (χ0n) is 12.0. The summed E-state index contributed by atoms with van der Waals surface area (Å²) in [6.07, 6.45) is 1.51. The molecule has 22 heavy (non-hydrogen) atoms. The van der Waals surface area contributed by atoms with Crippen molar-refractivity contribution < 1.29 is 13.2 Å². The first-order valence-electron chi connectivity index (χ1n) is 6.30. The van der Waals surface area contributed by atoms with E-state index in [-0.39, 0.29) is 27.8 Å². The molecule has 9 heteroatoms. The first-order valence-corrected chi connectivity index (χ1v) is 8.60. The molecule has 0 aromatic carbocycles. The summed E-state index contributed by atoms with van der Waals surface area (Å²) in [5.74, 6) is -0.385. The van der Waals surface area contributed by atoms with Gasteiger partial charge in [0.25, 0.3) is 11.5 Å². The number of aromatic nitrogens is 1. The highest BCUT2D eigenvalue weighted by molar-refractivity contribution is 7.91. The van der Waals surface area contributed by atoms with Crippen LogP contribution in [0.3, 0.4) is 0 Å². The number of sulfonamides is 1. The Balaban J connectivity index is 2.05. The molecule has 7 nitrogen and oxygen atoms in total. The highest BCUT2D eigenvalue weighted by Gasteiger charge is 2.14. The maximum Gasteiger partial charge on any atom is 0.251 e. The van der Waals surface area contributed by atoms with Crippen LogP contribution in [0, 0.1) is 0 Å². The summed E-state index contributed by atoms with van der Waals surface area (Å²) < 4.78 is 27.0. The number of aryl methyl sites for hydroxylation is 1. The highest BCUT2D eigenvalue weighted by Crippen LogP contribution is 2.21. The number of rotatable bonds is 5. The summed E-state index contributed by atoms with van der Waals surface area (Å²) in [5.41, 5.74) is -0.00565. The van der Waals surface area contributed by atoms with Crippen LogP contribution in [0.25, 0.3) is 0 Å². The summed E-state index contributed by atoms with van der Waals surface area (Å²) in [6, 6.07) is 5.91. The summed E-state index contributed by atoms with van der Waals surface area (Å²) in [5, 5.41) is 2.65. The van der Waals surface area contributed by atoms with E-state index in [0.717, 1.165) is 11.3 Å². The van der Waals surface area contributed by atoms with Gasteiger partial charge in [-0.1, -0.05) is 0 Å². The lowest BCUT2D eigenvalue weighted by atomic mass is 10.2. The Morgan fingerprint density at radius 2 is 2.05 bits per heavy atom. The summed E-state index contributed by atoms with van der Waals surface area (Å²) >= 11 is 1.08. The minimum atomic E-state index is -3.47. The Morgan fingerprint density at radius 1 is 1.32 bits per heavy atom. The molecule has 0 radical (unpaired) electrons. The summed E-state index contributed by atoms with van der Waals surface area (Å²) in [4.78, 5) is 24.1. The molecule has 0 saturated carbocycles. The van der Waals surface area contributed by atoms with Gasteiger partial charge in [-0.2, -0.15) is 0 Å². The zero-order chi connectivity index (χ0) is 16.3. The molecule has 0 saturated heterocycles. The average Bonchev–Trinajstić information content (AvgIpc) is 2.97. The van der Waals surface area contributed by atoms with Crippen molar-refractivity contribution in [1.82, 2.24) is 14.6 Å². The number of hydrogen-bond donors (Lipinski definition) is 2. The molecule has 0 spiro atoms. The molecule has 0 aliphatic rings. The number of carbonyl (C=O) groups excluding carboxylic acids is 1. The van der Waals surface area contributed by atoms with Crippen LogP contribution in [0.4, 0.5) is 0 Å². The van der Waals surface area contributed by atoms with E-state index in [9.17, 15) is 18.0 Å². The van der Waals surface area contributed by atoms with E-state index in [1.54, 1.807) is 19.2 Å². The van der Waals surface area contributed by atoms with E-state index >= 15 is 0 Å². The Morgan fingerprint density at radius 3 is 2.68 bits per heavy atom. The number of carbonyl (C=O) groups is 1. The van der Waals surface area contributed by atoms with Gasteiger partial charge in [-0.3, -0.25) is 9.59 Å². The van der Waals surface area contributed by atoms with Crippen molar-refractivity contribution in [2.75, 3.05) is 7.05 Å². The van der Waals surface area contributed by atoms with E-state index in [1.165, 1.54) is 29.9 Å². The van der Waals surface area contributed by atoms with E-state index < -0.39 is 10.0 Å². The van der Waals surface area contributed by atoms with Gasteiger partial charge in [-0.05, 0) is 25.2 Å². The molecule has 2 aromatic heterocycles. The van der Waals surface area contributed by atoms with E-state index in [2.05, 4.69) is 10.0 Å².